The molecule has 2 heterocycles. The van der Waals surface area contributed by atoms with Crippen molar-refractivity contribution in [3.8, 4) is 0 Å². The number of aromatic nitrogens is 3. The molecule has 0 unspecified atom stereocenters. The Morgan fingerprint density at radius 2 is 1.95 bits per heavy atom. The van der Waals surface area contributed by atoms with Crippen molar-refractivity contribution in [2.75, 3.05) is 22.9 Å². The zero-order valence-electron chi connectivity index (χ0n) is 11.1. The van der Waals surface area contributed by atoms with Crippen LogP contribution in [0.2, 0.25) is 0 Å². The molecule has 0 spiro atoms. The maximum absolute atomic E-state index is 5.68. The number of nitrogens with one attached hydrogen (secondary N) is 2. The molecule has 4 N–H and O–H groups in total. The van der Waals surface area contributed by atoms with Gasteiger partial charge in [-0.1, -0.05) is 0 Å². The zero-order valence-corrected chi connectivity index (χ0v) is 11.1. The highest BCUT2D eigenvalue weighted by molar-refractivity contribution is 5.51. The Morgan fingerprint density at radius 3 is 2.63 bits per heavy atom. The second-order valence-corrected chi connectivity index (χ2v) is 4.18. The van der Waals surface area contributed by atoms with Gasteiger partial charge in [-0.2, -0.15) is 9.97 Å². The molecule has 0 bridgehead atoms. The van der Waals surface area contributed by atoms with E-state index in [1.54, 1.807) is 6.20 Å². The first-order chi connectivity index (χ1) is 9.19. The Hall–Kier alpha value is -2.37. The van der Waals surface area contributed by atoms with E-state index in [-0.39, 0.29) is 5.95 Å². The SMILES string of the molecule is CCNc1cc(NCc2ccncc2C)nc(N)n1. The normalized spacial score (nSPS) is 10.2. The van der Waals surface area contributed by atoms with Crippen molar-refractivity contribution in [1.29, 1.82) is 0 Å². The monoisotopic (exact) mass is 258 g/mol. The fourth-order valence-corrected chi connectivity index (χ4v) is 1.71. The highest BCUT2D eigenvalue weighted by Crippen LogP contribution is 2.14. The van der Waals surface area contributed by atoms with Crippen LogP contribution in [0.15, 0.2) is 24.5 Å². The fourth-order valence-electron chi connectivity index (χ4n) is 1.71. The molecule has 0 fully saturated rings. The Morgan fingerprint density at radius 1 is 1.21 bits per heavy atom. The Bertz CT molecular complexity index is 555. The van der Waals surface area contributed by atoms with Gasteiger partial charge < -0.3 is 16.4 Å². The van der Waals surface area contributed by atoms with E-state index in [9.17, 15) is 0 Å². The number of pyridine rings is 1. The Kier molecular flexibility index (Phi) is 4.12. The molecular weight excluding hydrogens is 240 g/mol. The summed E-state index contributed by atoms with van der Waals surface area (Å²) in [5.41, 5.74) is 8.00. The Labute approximate surface area is 112 Å². The molecule has 0 aliphatic heterocycles. The van der Waals surface area contributed by atoms with Crippen LogP contribution in [0.5, 0.6) is 0 Å². The van der Waals surface area contributed by atoms with E-state index in [2.05, 4.69) is 25.6 Å². The van der Waals surface area contributed by atoms with E-state index in [0.29, 0.717) is 12.4 Å². The summed E-state index contributed by atoms with van der Waals surface area (Å²) in [7, 11) is 0. The highest BCUT2D eigenvalue weighted by Gasteiger charge is 2.03. The molecule has 0 saturated heterocycles. The molecule has 0 aromatic carbocycles. The number of nitrogen functional groups attached to an aromatic ring is 1. The predicted molar refractivity (Wildman–Crippen MR) is 76.9 cm³/mol. The number of aryl methyl sites for hydroxylation is 1. The van der Waals surface area contributed by atoms with E-state index in [4.69, 9.17) is 5.73 Å². The molecule has 0 atom stereocenters. The highest BCUT2D eigenvalue weighted by atomic mass is 15.1. The first kappa shape index (κ1) is 13.1. The molecular formula is C13H18N6. The van der Waals surface area contributed by atoms with Gasteiger partial charge >= 0.3 is 0 Å². The van der Waals surface area contributed by atoms with Crippen LogP contribution in [0.25, 0.3) is 0 Å². The minimum atomic E-state index is 0.257. The first-order valence-electron chi connectivity index (χ1n) is 6.21. The lowest BCUT2D eigenvalue weighted by molar-refractivity contribution is 1.05. The van der Waals surface area contributed by atoms with Gasteiger partial charge in [0.2, 0.25) is 5.95 Å². The van der Waals surface area contributed by atoms with Crippen molar-refractivity contribution in [3.05, 3.63) is 35.7 Å². The minimum Gasteiger partial charge on any atom is -0.370 e. The van der Waals surface area contributed by atoms with Crippen molar-refractivity contribution >= 4 is 17.6 Å². The van der Waals surface area contributed by atoms with E-state index < -0.39 is 0 Å². The van der Waals surface area contributed by atoms with E-state index in [1.165, 1.54) is 5.56 Å². The number of hydrogen-bond donors (Lipinski definition) is 3. The quantitative estimate of drug-likeness (QED) is 0.758. The average Bonchev–Trinajstić information content (AvgIpc) is 2.37. The third-order valence-corrected chi connectivity index (χ3v) is 2.70. The van der Waals surface area contributed by atoms with Gasteiger partial charge in [-0.3, -0.25) is 4.98 Å². The van der Waals surface area contributed by atoms with Gasteiger partial charge in [-0.25, -0.2) is 0 Å². The number of nitrogens with zero attached hydrogens (tertiary/aromatic N) is 3. The molecule has 2 rings (SSSR count). The summed E-state index contributed by atoms with van der Waals surface area (Å²) >= 11 is 0. The van der Waals surface area contributed by atoms with Gasteiger partial charge in [0.25, 0.3) is 0 Å². The van der Waals surface area contributed by atoms with Gasteiger partial charge in [0.15, 0.2) is 0 Å². The van der Waals surface area contributed by atoms with Gasteiger partial charge in [0.05, 0.1) is 0 Å². The third kappa shape index (κ3) is 3.54. The third-order valence-electron chi connectivity index (χ3n) is 2.70. The van der Waals surface area contributed by atoms with Crippen molar-refractivity contribution < 1.29 is 0 Å². The minimum absolute atomic E-state index is 0.257. The van der Waals surface area contributed by atoms with Crippen LogP contribution >= 0.6 is 0 Å². The molecule has 0 amide bonds. The van der Waals surface area contributed by atoms with E-state index in [1.807, 2.05) is 32.2 Å². The summed E-state index contributed by atoms with van der Waals surface area (Å²) in [6.07, 6.45) is 3.62. The molecule has 2 aromatic heterocycles. The zero-order chi connectivity index (χ0) is 13.7. The number of rotatable bonds is 5. The topological polar surface area (TPSA) is 88.8 Å². The molecule has 0 radical (unpaired) electrons. The second-order valence-electron chi connectivity index (χ2n) is 4.18. The van der Waals surface area contributed by atoms with Gasteiger partial charge in [-0.15, -0.1) is 0 Å². The maximum Gasteiger partial charge on any atom is 0.223 e. The summed E-state index contributed by atoms with van der Waals surface area (Å²) in [5, 5.41) is 6.36. The molecule has 2 aromatic rings. The molecule has 6 nitrogen and oxygen atoms in total. The molecule has 6 heteroatoms. The predicted octanol–water partition coefficient (Wildman–Crippen LogP) is 1.81. The van der Waals surface area contributed by atoms with Gasteiger partial charge in [0.1, 0.15) is 11.6 Å². The number of anilines is 3. The van der Waals surface area contributed by atoms with Crippen molar-refractivity contribution in [2.45, 2.75) is 20.4 Å². The maximum atomic E-state index is 5.68. The summed E-state index contributed by atoms with van der Waals surface area (Å²) in [6, 6.07) is 3.83. The standard InChI is InChI=1S/C13H18N6/c1-3-16-11-6-12(19-13(14)18-11)17-8-10-4-5-15-7-9(10)2/h4-7H,3,8H2,1-2H3,(H4,14,16,17,18,19). The Balaban J connectivity index is 2.09. The molecule has 100 valence electrons. The summed E-state index contributed by atoms with van der Waals surface area (Å²) in [6.45, 7) is 5.50. The van der Waals surface area contributed by atoms with Crippen LogP contribution in [0.3, 0.4) is 0 Å². The lowest BCUT2D eigenvalue weighted by Crippen LogP contribution is -2.08. The molecule has 19 heavy (non-hydrogen) atoms. The van der Waals surface area contributed by atoms with Gasteiger partial charge in [-0.05, 0) is 31.0 Å². The van der Waals surface area contributed by atoms with Gasteiger partial charge in [0, 0.05) is 31.5 Å². The van der Waals surface area contributed by atoms with E-state index >= 15 is 0 Å². The van der Waals surface area contributed by atoms with Crippen LogP contribution in [-0.4, -0.2) is 21.5 Å². The van der Waals surface area contributed by atoms with E-state index in [0.717, 1.165) is 17.9 Å². The molecule has 0 saturated carbocycles. The first-order valence-corrected chi connectivity index (χ1v) is 6.21. The number of hydrogen-bond acceptors (Lipinski definition) is 6. The van der Waals surface area contributed by atoms with Crippen LogP contribution in [0.1, 0.15) is 18.1 Å². The average molecular weight is 258 g/mol. The molecule has 0 aliphatic rings. The van der Waals surface area contributed by atoms with Crippen LogP contribution < -0.4 is 16.4 Å². The fraction of sp³-hybridized carbons (Fsp3) is 0.308. The van der Waals surface area contributed by atoms with Crippen molar-refractivity contribution in [1.82, 2.24) is 15.0 Å². The van der Waals surface area contributed by atoms with Crippen LogP contribution in [-0.2, 0) is 6.54 Å². The molecule has 0 aliphatic carbocycles. The van der Waals surface area contributed by atoms with Crippen molar-refractivity contribution in [2.24, 2.45) is 0 Å². The summed E-state index contributed by atoms with van der Waals surface area (Å²) in [4.78, 5) is 12.3. The lowest BCUT2D eigenvalue weighted by Gasteiger charge is -2.10. The summed E-state index contributed by atoms with van der Waals surface area (Å²) in [5.74, 6) is 1.69. The second kappa shape index (κ2) is 5.99. The van der Waals surface area contributed by atoms with Crippen LogP contribution in [0.4, 0.5) is 17.6 Å². The lowest BCUT2D eigenvalue weighted by atomic mass is 10.1. The summed E-state index contributed by atoms with van der Waals surface area (Å²) < 4.78 is 0. The number of nitrogens with two attached hydrogens (primary N) is 1. The van der Waals surface area contributed by atoms with Crippen molar-refractivity contribution in [3.63, 3.8) is 0 Å². The van der Waals surface area contributed by atoms with Crippen LogP contribution in [0, 0.1) is 6.92 Å². The smallest absolute Gasteiger partial charge is 0.223 e. The largest absolute Gasteiger partial charge is 0.370 e.